The summed E-state index contributed by atoms with van der Waals surface area (Å²) in [6, 6.07) is 13.5. The lowest BCUT2D eigenvalue weighted by molar-refractivity contribution is -0.112. The molecule has 0 radical (unpaired) electrons. The maximum absolute atomic E-state index is 14.1. The first-order chi connectivity index (χ1) is 14.4. The zero-order valence-electron chi connectivity index (χ0n) is 16.6. The zero-order valence-corrected chi connectivity index (χ0v) is 16.6. The Morgan fingerprint density at radius 3 is 2.67 bits per heavy atom. The molecule has 4 rings (SSSR count). The maximum Gasteiger partial charge on any atom is 0.355 e. The standard InChI is InChI=1S/C23H20FNO5/c1-14(26)16-10-20(25(2)11-16)22(27)28-12-17-8-19(24)9-18-13-29-23(30-21(17)18)15-6-4-3-5-7-15/h3-11,23H,12-13H2,1-2H3/t23-/m0/s1. The van der Waals surface area contributed by atoms with Crippen molar-refractivity contribution in [2.45, 2.75) is 26.4 Å². The Morgan fingerprint density at radius 2 is 1.97 bits per heavy atom. The molecule has 0 spiro atoms. The molecule has 3 aromatic rings. The van der Waals surface area contributed by atoms with Crippen molar-refractivity contribution in [1.29, 1.82) is 0 Å². The third kappa shape index (κ3) is 3.97. The number of fused-ring (bicyclic) bond motifs is 1. The SMILES string of the molecule is CC(=O)c1cc(C(=O)OCc2cc(F)cc3c2O[C@@H](c2ccccc2)OC3)n(C)c1. The number of halogens is 1. The molecule has 0 unspecified atom stereocenters. The molecule has 1 aliphatic rings. The summed E-state index contributed by atoms with van der Waals surface area (Å²) in [5.74, 6) is -0.789. The van der Waals surface area contributed by atoms with Crippen LogP contribution in [-0.2, 0) is 29.7 Å². The second kappa shape index (κ2) is 8.12. The summed E-state index contributed by atoms with van der Waals surface area (Å²) in [4.78, 5) is 24.0. The number of ether oxygens (including phenoxy) is 3. The van der Waals surface area contributed by atoms with Gasteiger partial charge in [0.1, 0.15) is 23.9 Å². The molecule has 1 aromatic heterocycles. The molecule has 30 heavy (non-hydrogen) atoms. The Labute approximate surface area is 172 Å². The molecule has 2 heterocycles. The molecule has 7 heteroatoms. The summed E-state index contributed by atoms with van der Waals surface area (Å²) in [5, 5.41) is 0. The van der Waals surface area contributed by atoms with E-state index in [1.165, 1.54) is 29.7 Å². The van der Waals surface area contributed by atoms with Crippen molar-refractivity contribution in [3.8, 4) is 5.75 Å². The van der Waals surface area contributed by atoms with E-state index < -0.39 is 18.1 Å². The van der Waals surface area contributed by atoms with Gasteiger partial charge in [0.05, 0.1) is 6.61 Å². The second-order valence-electron chi connectivity index (χ2n) is 7.08. The zero-order chi connectivity index (χ0) is 21.3. The van der Waals surface area contributed by atoms with E-state index in [1.54, 1.807) is 13.2 Å². The van der Waals surface area contributed by atoms with Gasteiger partial charge in [-0.25, -0.2) is 9.18 Å². The number of aromatic nitrogens is 1. The van der Waals surface area contributed by atoms with Gasteiger partial charge in [-0.05, 0) is 25.1 Å². The number of hydrogen-bond donors (Lipinski definition) is 0. The van der Waals surface area contributed by atoms with Gasteiger partial charge in [-0.1, -0.05) is 30.3 Å². The van der Waals surface area contributed by atoms with Gasteiger partial charge in [0.25, 0.3) is 0 Å². The molecule has 0 bridgehead atoms. The van der Waals surface area contributed by atoms with Crippen LogP contribution in [0.3, 0.4) is 0 Å². The molecule has 0 fully saturated rings. The largest absolute Gasteiger partial charge is 0.460 e. The molecule has 0 amide bonds. The van der Waals surface area contributed by atoms with Crippen LogP contribution in [0.25, 0.3) is 0 Å². The van der Waals surface area contributed by atoms with Crippen LogP contribution in [0, 0.1) is 5.82 Å². The molecule has 6 nitrogen and oxygen atoms in total. The lowest BCUT2D eigenvalue weighted by atomic mass is 10.1. The van der Waals surface area contributed by atoms with E-state index in [2.05, 4.69) is 0 Å². The number of carbonyl (C=O) groups is 2. The van der Waals surface area contributed by atoms with Crippen LogP contribution in [0.5, 0.6) is 5.75 Å². The molecule has 2 aromatic carbocycles. The van der Waals surface area contributed by atoms with Crippen LogP contribution in [0.1, 0.15) is 50.8 Å². The van der Waals surface area contributed by atoms with Crippen LogP contribution in [0.15, 0.2) is 54.7 Å². The van der Waals surface area contributed by atoms with Crippen molar-refractivity contribution in [1.82, 2.24) is 4.57 Å². The van der Waals surface area contributed by atoms with Crippen LogP contribution in [0.4, 0.5) is 4.39 Å². The van der Waals surface area contributed by atoms with E-state index in [0.29, 0.717) is 22.4 Å². The summed E-state index contributed by atoms with van der Waals surface area (Å²) in [6.07, 6.45) is 0.929. The fourth-order valence-electron chi connectivity index (χ4n) is 3.34. The van der Waals surface area contributed by atoms with Crippen LogP contribution in [-0.4, -0.2) is 16.3 Å². The summed E-state index contributed by atoms with van der Waals surface area (Å²) >= 11 is 0. The average molecular weight is 409 g/mol. The van der Waals surface area contributed by atoms with E-state index in [-0.39, 0.29) is 24.7 Å². The van der Waals surface area contributed by atoms with Gasteiger partial charge in [-0.2, -0.15) is 0 Å². The molecule has 154 valence electrons. The number of esters is 1. The maximum atomic E-state index is 14.1. The topological polar surface area (TPSA) is 66.8 Å². The van der Waals surface area contributed by atoms with Gasteiger partial charge in [0, 0.05) is 35.5 Å². The highest BCUT2D eigenvalue weighted by Gasteiger charge is 2.26. The van der Waals surface area contributed by atoms with Crippen molar-refractivity contribution in [2.75, 3.05) is 0 Å². The van der Waals surface area contributed by atoms with Crippen molar-refractivity contribution >= 4 is 11.8 Å². The number of ketones is 1. The van der Waals surface area contributed by atoms with Crippen LogP contribution >= 0.6 is 0 Å². The van der Waals surface area contributed by atoms with Crippen molar-refractivity contribution < 1.29 is 28.2 Å². The summed E-state index contributed by atoms with van der Waals surface area (Å²) in [7, 11) is 1.65. The Bertz CT molecular complexity index is 1110. The molecule has 0 aliphatic carbocycles. The van der Waals surface area contributed by atoms with Gasteiger partial charge < -0.3 is 18.8 Å². The minimum absolute atomic E-state index is 0.149. The number of rotatable bonds is 5. The van der Waals surface area contributed by atoms with Crippen LogP contribution < -0.4 is 4.74 Å². The first-order valence-electron chi connectivity index (χ1n) is 9.41. The molecule has 1 aliphatic heterocycles. The summed E-state index contributed by atoms with van der Waals surface area (Å²) in [6.45, 7) is 1.42. The molecule has 0 N–H and O–H groups in total. The van der Waals surface area contributed by atoms with Gasteiger partial charge >= 0.3 is 5.97 Å². The van der Waals surface area contributed by atoms with Crippen molar-refractivity contribution in [3.63, 3.8) is 0 Å². The first-order valence-corrected chi connectivity index (χ1v) is 9.41. The number of nitrogens with zero attached hydrogens (tertiary/aromatic N) is 1. The smallest absolute Gasteiger partial charge is 0.355 e. The van der Waals surface area contributed by atoms with Gasteiger partial charge in [-0.3, -0.25) is 4.79 Å². The normalized spacial score (nSPS) is 15.2. The molecular weight excluding hydrogens is 389 g/mol. The fraction of sp³-hybridized carbons (Fsp3) is 0.217. The van der Waals surface area contributed by atoms with E-state index in [9.17, 15) is 14.0 Å². The van der Waals surface area contributed by atoms with Crippen LogP contribution in [0.2, 0.25) is 0 Å². The Morgan fingerprint density at radius 1 is 1.20 bits per heavy atom. The van der Waals surface area contributed by atoms with Crippen molar-refractivity contribution in [3.05, 3.63) is 88.5 Å². The van der Waals surface area contributed by atoms with Gasteiger partial charge in [0.2, 0.25) is 6.29 Å². The molecule has 1 atom stereocenters. The third-order valence-electron chi connectivity index (χ3n) is 4.87. The highest BCUT2D eigenvalue weighted by atomic mass is 19.1. The number of Topliss-reactive ketones (excluding diaryl/α,β-unsaturated/α-hetero) is 1. The minimum atomic E-state index is -0.635. The average Bonchev–Trinajstić information content (AvgIpc) is 3.14. The predicted molar refractivity (Wildman–Crippen MR) is 106 cm³/mol. The number of carbonyl (C=O) groups excluding carboxylic acids is 2. The third-order valence-corrected chi connectivity index (χ3v) is 4.87. The first kappa shape index (κ1) is 19.8. The molecule has 0 saturated carbocycles. The van der Waals surface area contributed by atoms with E-state index in [1.807, 2.05) is 30.3 Å². The minimum Gasteiger partial charge on any atom is -0.460 e. The lowest BCUT2D eigenvalue weighted by Crippen LogP contribution is -2.20. The summed E-state index contributed by atoms with van der Waals surface area (Å²) < 4.78 is 32.7. The lowest BCUT2D eigenvalue weighted by Gasteiger charge is -2.28. The van der Waals surface area contributed by atoms with Gasteiger partial charge in [0.15, 0.2) is 5.78 Å². The Kier molecular flexibility index (Phi) is 5.37. The highest BCUT2D eigenvalue weighted by Crippen LogP contribution is 2.36. The second-order valence-corrected chi connectivity index (χ2v) is 7.08. The number of hydrogen-bond acceptors (Lipinski definition) is 5. The van der Waals surface area contributed by atoms with E-state index in [4.69, 9.17) is 14.2 Å². The summed E-state index contributed by atoms with van der Waals surface area (Å²) in [5.41, 5.74) is 2.43. The molecule has 0 saturated heterocycles. The van der Waals surface area contributed by atoms with Crippen molar-refractivity contribution in [2.24, 2.45) is 7.05 Å². The molecular formula is C23H20FNO5. The highest BCUT2D eigenvalue weighted by molar-refractivity contribution is 5.97. The predicted octanol–water partition coefficient (Wildman–Crippen LogP) is 4.33. The Balaban J connectivity index is 1.55. The number of aryl methyl sites for hydroxylation is 1. The van der Waals surface area contributed by atoms with E-state index in [0.717, 1.165) is 5.56 Å². The quantitative estimate of drug-likeness (QED) is 0.464. The monoisotopic (exact) mass is 409 g/mol. The number of benzene rings is 2. The fourth-order valence-corrected chi connectivity index (χ4v) is 3.34. The van der Waals surface area contributed by atoms with Gasteiger partial charge in [-0.15, -0.1) is 0 Å². The Hall–Kier alpha value is -3.45. The van der Waals surface area contributed by atoms with E-state index >= 15 is 0 Å².